The van der Waals surface area contributed by atoms with Crippen molar-refractivity contribution >= 4 is 5.69 Å². The van der Waals surface area contributed by atoms with Gasteiger partial charge in [-0.25, -0.2) is 0 Å². The fraction of sp³-hybridized carbons (Fsp3) is 0.333. The number of nitrogen functional groups attached to an aromatic ring is 1. The summed E-state index contributed by atoms with van der Waals surface area (Å²) in [6.45, 7) is 8.89. The van der Waals surface area contributed by atoms with Crippen molar-refractivity contribution in [2.24, 2.45) is 0 Å². The average molecular weight is 253 g/mol. The first-order chi connectivity index (χ1) is 8.93. The number of anilines is 1. The fourth-order valence-electron chi connectivity index (χ4n) is 2.48. The molecule has 2 aromatic carbocycles. The van der Waals surface area contributed by atoms with E-state index in [4.69, 9.17) is 5.73 Å². The van der Waals surface area contributed by atoms with E-state index >= 15 is 0 Å². The molecule has 0 unspecified atom stereocenters. The molecule has 0 spiro atoms. The highest BCUT2D eigenvalue weighted by Crippen LogP contribution is 2.36. The predicted octanol–water partition coefficient (Wildman–Crippen LogP) is 4.72. The molecule has 0 aliphatic heterocycles. The summed E-state index contributed by atoms with van der Waals surface area (Å²) in [6.07, 6.45) is 0. The molecule has 0 atom stereocenters. The lowest BCUT2D eigenvalue weighted by Crippen LogP contribution is -2.21. The topological polar surface area (TPSA) is 26.0 Å². The zero-order valence-electron chi connectivity index (χ0n) is 12.3. The van der Waals surface area contributed by atoms with Gasteiger partial charge in [-0.15, -0.1) is 0 Å². The number of benzene rings is 2. The van der Waals surface area contributed by atoms with Gasteiger partial charge < -0.3 is 5.73 Å². The molecule has 0 heterocycles. The largest absolute Gasteiger partial charge is 0.398 e. The number of hydrogen-bond acceptors (Lipinski definition) is 1. The van der Waals surface area contributed by atoms with E-state index in [-0.39, 0.29) is 5.41 Å². The predicted molar refractivity (Wildman–Crippen MR) is 83.5 cm³/mol. The van der Waals surface area contributed by atoms with Crippen LogP contribution in [0, 0.1) is 0 Å². The highest BCUT2D eigenvalue weighted by molar-refractivity contribution is 5.56. The third-order valence-corrected chi connectivity index (χ3v) is 3.91. The summed E-state index contributed by atoms with van der Waals surface area (Å²) in [5, 5.41) is 0. The van der Waals surface area contributed by atoms with Gasteiger partial charge in [0.15, 0.2) is 0 Å². The Hall–Kier alpha value is -1.76. The van der Waals surface area contributed by atoms with Crippen LogP contribution in [-0.2, 0) is 5.41 Å². The van der Waals surface area contributed by atoms with Crippen LogP contribution in [0.15, 0.2) is 48.5 Å². The summed E-state index contributed by atoms with van der Waals surface area (Å²) in [7, 11) is 0. The summed E-state index contributed by atoms with van der Waals surface area (Å²) < 4.78 is 0. The Morgan fingerprint density at radius 1 is 0.947 bits per heavy atom. The maximum absolute atomic E-state index is 6.21. The van der Waals surface area contributed by atoms with Crippen LogP contribution < -0.4 is 5.73 Å². The van der Waals surface area contributed by atoms with E-state index in [0.29, 0.717) is 5.92 Å². The van der Waals surface area contributed by atoms with Crippen LogP contribution >= 0.6 is 0 Å². The Kier molecular flexibility index (Phi) is 3.66. The third-order valence-electron chi connectivity index (χ3n) is 3.91. The zero-order chi connectivity index (χ0) is 14.0. The molecule has 0 bridgehead atoms. The average Bonchev–Trinajstić information content (AvgIpc) is 2.39. The Morgan fingerprint density at radius 2 is 1.58 bits per heavy atom. The van der Waals surface area contributed by atoms with Crippen molar-refractivity contribution in [1.29, 1.82) is 0 Å². The van der Waals surface area contributed by atoms with Crippen molar-refractivity contribution < 1.29 is 0 Å². The SMILES string of the molecule is CC(C)c1ccc(N)c(C(C)(C)c2ccccc2)c1. The molecule has 1 nitrogen and oxygen atoms in total. The Labute approximate surface area is 116 Å². The first-order valence-electron chi connectivity index (χ1n) is 6.88. The van der Waals surface area contributed by atoms with E-state index in [1.54, 1.807) is 0 Å². The van der Waals surface area contributed by atoms with Crippen LogP contribution in [0.25, 0.3) is 0 Å². The first kappa shape index (κ1) is 13.7. The van der Waals surface area contributed by atoms with Gasteiger partial charge in [-0.1, -0.05) is 70.2 Å². The van der Waals surface area contributed by atoms with Crippen LogP contribution in [0.3, 0.4) is 0 Å². The lowest BCUT2D eigenvalue weighted by atomic mass is 9.76. The van der Waals surface area contributed by atoms with Gasteiger partial charge >= 0.3 is 0 Å². The quantitative estimate of drug-likeness (QED) is 0.787. The zero-order valence-corrected chi connectivity index (χ0v) is 12.3. The van der Waals surface area contributed by atoms with E-state index in [2.05, 4.69) is 64.1 Å². The highest BCUT2D eigenvalue weighted by Gasteiger charge is 2.25. The Balaban J connectivity index is 2.54. The monoisotopic (exact) mass is 253 g/mol. The minimum atomic E-state index is -0.0732. The lowest BCUT2D eigenvalue weighted by molar-refractivity contribution is 0.641. The Bertz CT molecular complexity index is 553. The van der Waals surface area contributed by atoms with Crippen LogP contribution in [0.1, 0.15) is 50.3 Å². The summed E-state index contributed by atoms with van der Waals surface area (Å²) in [5.41, 5.74) is 10.9. The molecule has 2 aromatic rings. The first-order valence-corrected chi connectivity index (χ1v) is 6.88. The summed E-state index contributed by atoms with van der Waals surface area (Å²) in [5.74, 6) is 0.519. The number of nitrogens with two attached hydrogens (primary N) is 1. The minimum Gasteiger partial charge on any atom is -0.398 e. The molecule has 0 radical (unpaired) electrons. The van der Waals surface area contributed by atoms with E-state index < -0.39 is 0 Å². The van der Waals surface area contributed by atoms with Gasteiger partial charge in [0, 0.05) is 11.1 Å². The number of hydrogen-bond donors (Lipinski definition) is 1. The molecule has 0 saturated carbocycles. The lowest BCUT2D eigenvalue weighted by Gasteiger charge is -2.28. The minimum absolute atomic E-state index is 0.0732. The maximum Gasteiger partial charge on any atom is 0.0355 e. The van der Waals surface area contributed by atoms with Gasteiger partial charge in [-0.2, -0.15) is 0 Å². The molecule has 2 rings (SSSR count). The van der Waals surface area contributed by atoms with Gasteiger partial charge in [-0.3, -0.25) is 0 Å². The molecule has 0 saturated heterocycles. The molecular weight excluding hydrogens is 230 g/mol. The smallest absolute Gasteiger partial charge is 0.0355 e. The molecule has 0 aliphatic carbocycles. The summed E-state index contributed by atoms with van der Waals surface area (Å²) >= 11 is 0. The van der Waals surface area contributed by atoms with Crippen molar-refractivity contribution in [1.82, 2.24) is 0 Å². The maximum atomic E-state index is 6.21. The van der Waals surface area contributed by atoms with Crippen LogP contribution in [0.2, 0.25) is 0 Å². The van der Waals surface area contributed by atoms with Crippen molar-refractivity contribution in [2.75, 3.05) is 5.73 Å². The van der Waals surface area contributed by atoms with Crippen molar-refractivity contribution in [2.45, 2.75) is 39.0 Å². The van der Waals surface area contributed by atoms with Gasteiger partial charge in [-0.05, 0) is 28.7 Å². The molecule has 2 N–H and O–H groups in total. The number of rotatable bonds is 3. The van der Waals surface area contributed by atoms with Crippen molar-refractivity contribution in [3.8, 4) is 0 Å². The standard InChI is InChI=1S/C18H23N/c1-13(2)14-10-11-17(19)16(12-14)18(3,4)15-8-6-5-7-9-15/h5-13H,19H2,1-4H3. The normalized spacial score (nSPS) is 11.8. The Morgan fingerprint density at radius 3 is 2.16 bits per heavy atom. The van der Waals surface area contributed by atoms with E-state index in [1.807, 2.05) is 12.1 Å². The molecule has 0 aliphatic rings. The van der Waals surface area contributed by atoms with Gasteiger partial charge in [0.1, 0.15) is 0 Å². The molecule has 0 aromatic heterocycles. The van der Waals surface area contributed by atoms with E-state index in [1.165, 1.54) is 16.7 Å². The fourth-order valence-corrected chi connectivity index (χ4v) is 2.48. The second-order valence-electron chi connectivity index (χ2n) is 5.99. The molecule has 19 heavy (non-hydrogen) atoms. The van der Waals surface area contributed by atoms with E-state index in [0.717, 1.165) is 5.69 Å². The van der Waals surface area contributed by atoms with Gasteiger partial charge in [0.2, 0.25) is 0 Å². The van der Waals surface area contributed by atoms with Crippen LogP contribution in [0.4, 0.5) is 5.69 Å². The summed E-state index contributed by atoms with van der Waals surface area (Å²) in [6, 6.07) is 17.0. The third kappa shape index (κ3) is 2.65. The second-order valence-corrected chi connectivity index (χ2v) is 5.99. The molecule has 0 amide bonds. The molecule has 1 heteroatoms. The van der Waals surface area contributed by atoms with Gasteiger partial charge in [0.05, 0.1) is 0 Å². The second kappa shape index (κ2) is 5.08. The molecule has 100 valence electrons. The van der Waals surface area contributed by atoms with Crippen LogP contribution in [0.5, 0.6) is 0 Å². The van der Waals surface area contributed by atoms with Crippen LogP contribution in [-0.4, -0.2) is 0 Å². The van der Waals surface area contributed by atoms with Crippen molar-refractivity contribution in [3.63, 3.8) is 0 Å². The van der Waals surface area contributed by atoms with Crippen molar-refractivity contribution in [3.05, 3.63) is 65.2 Å². The van der Waals surface area contributed by atoms with Gasteiger partial charge in [0.25, 0.3) is 0 Å². The highest BCUT2D eigenvalue weighted by atomic mass is 14.6. The van der Waals surface area contributed by atoms with E-state index in [9.17, 15) is 0 Å². The summed E-state index contributed by atoms with van der Waals surface area (Å²) in [4.78, 5) is 0. The molecule has 0 fully saturated rings. The molecular formula is C18H23N.